The summed E-state index contributed by atoms with van der Waals surface area (Å²) in [6.07, 6.45) is -0.0201. The van der Waals surface area contributed by atoms with Crippen LogP contribution in [0.3, 0.4) is 0 Å². The Hall–Kier alpha value is -1.95. The molecule has 0 amide bonds. The minimum atomic E-state index is -3.97. The van der Waals surface area contributed by atoms with Gasteiger partial charge < -0.3 is 0 Å². The van der Waals surface area contributed by atoms with Crippen LogP contribution in [-0.2, 0) is 19.9 Å². The Morgan fingerprint density at radius 1 is 1.07 bits per heavy atom. The van der Waals surface area contributed by atoms with Crippen molar-refractivity contribution < 1.29 is 21.2 Å². The predicted octanol–water partition coefficient (Wildman–Crippen LogP) is 2.38. The van der Waals surface area contributed by atoms with Crippen LogP contribution >= 0.6 is 11.7 Å². The van der Waals surface area contributed by atoms with Crippen LogP contribution in [0.5, 0.6) is 0 Å². The maximum Gasteiger partial charge on any atom is 0.245 e. The van der Waals surface area contributed by atoms with Crippen LogP contribution in [-0.4, -0.2) is 48.7 Å². The van der Waals surface area contributed by atoms with E-state index in [-0.39, 0.29) is 41.2 Å². The Bertz CT molecular complexity index is 1240. The SMILES string of the molecule is O=S1(=O)CCN(S(=O)(=O)c2cccc3nsnc23)CCC1c1ccccc1F. The molecule has 0 radical (unpaired) electrons. The molecule has 1 aliphatic heterocycles. The number of hydrogen-bond donors (Lipinski definition) is 0. The number of halogens is 1. The van der Waals surface area contributed by atoms with Crippen LogP contribution in [0.4, 0.5) is 4.39 Å². The van der Waals surface area contributed by atoms with E-state index in [0.717, 1.165) is 16.0 Å². The molecule has 1 atom stereocenters. The number of fused-ring (bicyclic) bond motifs is 1. The summed E-state index contributed by atoms with van der Waals surface area (Å²) in [6, 6.07) is 10.4. The van der Waals surface area contributed by atoms with Crippen molar-refractivity contribution in [3.8, 4) is 0 Å². The highest BCUT2D eigenvalue weighted by molar-refractivity contribution is 7.92. The summed E-state index contributed by atoms with van der Waals surface area (Å²) < 4.78 is 75.2. The van der Waals surface area contributed by atoms with Gasteiger partial charge in [0, 0.05) is 18.7 Å². The number of sulfone groups is 1. The third kappa shape index (κ3) is 3.32. The highest BCUT2D eigenvalue weighted by atomic mass is 32.2. The molecule has 2 heterocycles. The summed E-state index contributed by atoms with van der Waals surface area (Å²) >= 11 is 0.912. The van der Waals surface area contributed by atoms with Gasteiger partial charge in [0.1, 0.15) is 21.7 Å². The molecule has 0 saturated carbocycles. The van der Waals surface area contributed by atoms with Crippen molar-refractivity contribution in [3.05, 3.63) is 53.8 Å². The first kappa shape index (κ1) is 19.4. The number of sulfonamides is 1. The summed E-state index contributed by atoms with van der Waals surface area (Å²) in [7, 11) is -7.68. The van der Waals surface area contributed by atoms with Crippen molar-refractivity contribution in [2.24, 2.45) is 0 Å². The van der Waals surface area contributed by atoms with Gasteiger partial charge in [-0.1, -0.05) is 24.3 Å². The molecule has 1 aliphatic rings. The van der Waals surface area contributed by atoms with Crippen molar-refractivity contribution >= 4 is 42.6 Å². The molecule has 3 aromatic rings. The molecule has 1 fully saturated rings. The lowest BCUT2D eigenvalue weighted by Crippen LogP contribution is -2.33. The summed E-state index contributed by atoms with van der Waals surface area (Å²) in [5.41, 5.74) is 0.815. The molecule has 4 rings (SSSR count). The zero-order chi connectivity index (χ0) is 19.9. The normalized spacial score (nSPS) is 20.8. The van der Waals surface area contributed by atoms with E-state index in [2.05, 4.69) is 8.75 Å². The van der Waals surface area contributed by atoms with Crippen LogP contribution in [0, 0.1) is 5.82 Å². The Balaban J connectivity index is 1.70. The highest BCUT2D eigenvalue weighted by Gasteiger charge is 2.37. The van der Waals surface area contributed by atoms with Crippen LogP contribution in [0.25, 0.3) is 11.0 Å². The fourth-order valence-electron chi connectivity index (χ4n) is 3.38. The van der Waals surface area contributed by atoms with Gasteiger partial charge in [-0.15, -0.1) is 0 Å². The van der Waals surface area contributed by atoms with E-state index in [1.807, 2.05) is 0 Å². The first-order valence-corrected chi connectivity index (χ1v) is 12.4. The molecular weight excluding hydrogens is 425 g/mol. The molecule has 0 aliphatic carbocycles. The van der Waals surface area contributed by atoms with Gasteiger partial charge in [-0.05, 0) is 24.6 Å². The maximum absolute atomic E-state index is 14.2. The first-order valence-electron chi connectivity index (χ1n) is 8.48. The van der Waals surface area contributed by atoms with Gasteiger partial charge in [0.05, 0.1) is 22.7 Å². The average molecular weight is 442 g/mol. The smallest absolute Gasteiger partial charge is 0.228 e. The highest BCUT2D eigenvalue weighted by Crippen LogP contribution is 2.33. The molecule has 0 bridgehead atoms. The van der Waals surface area contributed by atoms with Crippen molar-refractivity contribution in [2.75, 3.05) is 18.8 Å². The average Bonchev–Trinajstić information content (AvgIpc) is 3.07. The lowest BCUT2D eigenvalue weighted by atomic mass is 10.1. The molecule has 1 unspecified atom stereocenters. The van der Waals surface area contributed by atoms with E-state index < -0.39 is 30.9 Å². The van der Waals surface area contributed by atoms with Crippen molar-refractivity contribution in [1.29, 1.82) is 0 Å². The summed E-state index contributed by atoms with van der Waals surface area (Å²) in [6.45, 7) is -0.224. The monoisotopic (exact) mass is 441 g/mol. The zero-order valence-corrected chi connectivity index (χ0v) is 17.0. The molecule has 0 N–H and O–H groups in total. The van der Waals surface area contributed by atoms with Crippen LogP contribution < -0.4 is 0 Å². The number of nitrogens with zero attached hydrogens (tertiary/aromatic N) is 3. The van der Waals surface area contributed by atoms with Crippen molar-refractivity contribution in [2.45, 2.75) is 16.6 Å². The summed E-state index contributed by atoms with van der Waals surface area (Å²) in [5.74, 6) is -0.984. The van der Waals surface area contributed by atoms with Crippen LogP contribution in [0.15, 0.2) is 47.4 Å². The molecule has 0 spiro atoms. The Morgan fingerprint density at radius 3 is 2.64 bits per heavy atom. The van der Waals surface area contributed by atoms with E-state index in [0.29, 0.717) is 5.52 Å². The Kier molecular flexibility index (Phi) is 4.94. The third-order valence-electron chi connectivity index (χ3n) is 4.82. The number of aromatic nitrogens is 2. The fourth-order valence-corrected chi connectivity index (χ4v) is 7.50. The lowest BCUT2D eigenvalue weighted by molar-refractivity contribution is 0.427. The molecule has 11 heteroatoms. The zero-order valence-electron chi connectivity index (χ0n) is 14.5. The molecule has 1 aromatic heterocycles. The second-order valence-electron chi connectivity index (χ2n) is 6.46. The van der Waals surface area contributed by atoms with E-state index >= 15 is 0 Å². The number of benzene rings is 2. The second kappa shape index (κ2) is 7.14. The van der Waals surface area contributed by atoms with Crippen molar-refractivity contribution in [3.63, 3.8) is 0 Å². The van der Waals surface area contributed by atoms with Crippen LogP contribution in [0.1, 0.15) is 17.2 Å². The Labute approximate surface area is 166 Å². The Morgan fingerprint density at radius 2 is 1.86 bits per heavy atom. The van der Waals surface area contributed by atoms with Gasteiger partial charge >= 0.3 is 0 Å². The summed E-state index contributed by atoms with van der Waals surface area (Å²) in [5, 5.41) is -1.08. The van der Waals surface area contributed by atoms with Gasteiger partial charge in [0.2, 0.25) is 10.0 Å². The van der Waals surface area contributed by atoms with Gasteiger partial charge in [-0.25, -0.2) is 21.2 Å². The second-order valence-corrected chi connectivity index (χ2v) is 11.2. The first-order chi connectivity index (χ1) is 13.3. The minimum absolute atomic E-state index is 0.000453. The van der Waals surface area contributed by atoms with E-state index in [1.165, 1.54) is 24.3 Å². The van der Waals surface area contributed by atoms with E-state index in [4.69, 9.17) is 0 Å². The minimum Gasteiger partial charge on any atom is -0.228 e. The maximum atomic E-state index is 14.2. The quantitative estimate of drug-likeness (QED) is 0.619. The standard InChI is InChI=1S/C17H16FN3O4S3/c18-13-5-2-1-4-12(13)15-8-9-21(10-11-27(15,22)23)28(24,25)16-7-3-6-14-17(16)20-26-19-14/h1-7,15H,8-11H2. The van der Waals surface area contributed by atoms with Gasteiger partial charge in [-0.3, -0.25) is 0 Å². The summed E-state index contributed by atoms with van der Waals surface area (Å²) in [4.78, 5) is 0.000453. The molecule has 2 aromatic carbocycles. The van der Waals surface area contributed by atoms with Crippen LogP contribution in [0.2, 0.25) is 0 Å². The molecular formula is C17H16FN3O4S3. The van der Waals surface area contributed by atoms with E-state index in [1.54, 1.807) is 18.2 Å². The van der Waals surface area contributed by atoms with Gasteiger partial charge in [0.15, 0.2) is 9.84 Å². The largest absolute Gasteiger partial charge is 0.245 e. The third-order valence-corrected chi connectivity index (χ3v) is 9.40. The number of rotatable bonds is 3. The topological polar surface area (TPSA) is 97.3 Å². The fraction of sp³-hybridized carbons (Fsp3) is 0.294. The van der Waals surface area contributed by atoms with Gasteiger partial charge in [0.25, 0.3) is 0 Å². The van der Waals surface area contributed by atoms with E-state index in [9.17, 15) is 21.2 Å². The number of hydrogen-bond acceptors (Lipinski definition) is 7. The molecule has 1 saturated heterocycles. The van der Waals surface area contributed by atoms with Gasteiger partial charge in [-0.2, -0.15) is 13.1 Å². The molecule has 7 nitrogen and oxygen atoms in total. The lowest BCUT2D eigenvalue weighted by Gasteiger charge is -2.20. The predicted molar refractivity (Wildman–Crippen MR) is 104 cm³/mol. The van der Waals surface area contributed by atoms with Crippen molar-refractivity contribution in [1.82, 2.24) is 13.1 Å². The molecule has 148 valence electrons. The molecule has 28 heavy (non-hydrogen) atoms.